The lowest BCUT2D eigenvalue weighted by Gasteiger charge is -2.18. The molecule has 0 fully saturated rings. The second-order valence-electron chi connectivity index (χ2n) is 6.95. The molecule has 0 spiro atoms. The zero-order chi connectivity index (χ0) is 20.8. The fourth-order valence-corrected chi connectivity index (χ4v) is 3.35. The maximum atomic E-state index is 12.6. The summed E-state index contributed by atoms with van der Waals surface area (Å²) < 4.78 is 5.88. The molecule has 152 valence electrons. The number of hydrogen-bond donors (Lipinski definition) is 4. The molecule has 2 amide bonds. The van der Waals surface area contributed by atoms with Gasteiger partial charge >= 0.3 is 6.03 Å². The zero-order valence-corrected chi connectivity index (χ0v) is 16.3. The molecule has 4 aromatic rings. The van der Waals surface area contributed by atoms with Crippen molar-refractivity contribution in [2.45, 2.75) is 12.5 Å². The van der Waals surface area contributed by atoms with E-state index in [4.69, 9.17) is 4.74 Å². The molecule has 1 aromatic heterocycles. The second-order valence-corrected chi connectivity index (χ2v) is 6.95. The predicted molar refractivity (Wildman–Crippen MR) is 118 cm³/mol. The normalized spacial score (nSPS) is 11.8. The fourth-order valence-electron chi connectivity index (χ4n) is 3.35. The van der Waals surface area contributed by atoms with E-state index in [0.29, 0.717) is 23.6 Å². The lowest BCUT2D eigenvalue weighted by atomic mass is 10.1. The minimum absolute atomic E-state index is 0.172. The number of rotatable bonds is 7. The Kier molecular flexibility index (Phi) is 5.96. The average molecular weight is 401 g/mol. The van der Waals surface area contributed by atoms with E-state index >= 15 is 0 Å². The molecule has 30 heavy (non-hydrogen) atoms. The molecule has 3 aromatic carbocycles. The van der Waals surface area contributed by atoms with Crippen LogP contribution >= 0.6 is 0 Å². The molecule has 0 aliphatic carbocycles. The first kappa shape index (κ1) is 19.5. The molecule has 0 radical (unpaired) electrons. The first-order valence-corrected chi connectivity index (χ1v) is 9.78. The summed E-state index contributed by atoms with van der Waals surface area (Å²) in [6.45, 7) is -0.172. The summed E-state index contributed by atoms with van der Waals surface area (Å²) >= 11 is 0. The highest BCUT2D eigenvalue weighted by atomic mass is 16.5. The maximum Gasteiger partial charge on any atom is 0.319 e. The minimum atomic E-state index is -0.425. The van der Waals surface area contributed by atoms with E-state index in [1.165, 1.54) is 0 Å². The van der Waals surface area contributed by atoms with Crippen LogP contribution in [-0.2, 0) is 6.42 Å². The molecule has 4 rings (SSSR count). The van der Waals surface area contributed by atoms with E-state index in [1.807, 2.05) is 72.9 Å². The quantitative estimate of drug-likeness (QED) is 0.362. The van der Waals surface area contributed by atoms with Gasteiger partial charge in [-0.1, -0.05) is 48.5 Å². The van der Waals surface area contributed by atoms with Crippen molar-refractivity contribution in [2.75, 3.05) is 11.9 Å². The SMILES string of the molecule is O=C(Nc1ccccc1Oc1ccccc1)NC(CO)Cc1c[nH]c2ccccc12. The van der Waals surface area contributed by atoms with Crippen LogP contribution in [-0.4, -0.2) is 28.8 Å². The van der Waals surface area contributed by atoms with E-state index in [0.717, 1.165) is 16.5 Å². The highest BCUT2D eigenvalue weighted by Gasteiger charge is 2.16. The van der Waals surface area contributed by atoms with Gasteiger partial charge in [0.2, 0.25) is 0 Å². The van der Waals surface area contributed by atoms with Gasteiger partial charge in [0.1, 0.15) is 5.75 Å². The van der Waals surface area contributed by atoms with Crippen LogP contribution in [0.15, 0.2) is 85.1 Å². The molecular formula is C24H23N3O3. The number of para-hydroxylation sites is 4. The average Bonchev–Trinajstić information content (AvgIpc) is 3.18. The Hall–Kier alpha value is -3.77. The number of aromatic amines is 1. The van der Waals surface area contributed by atoms with Crippen molar-refractivity contribution in [1.82, 2.24) is 10.3 Å². The van der Waals surface area contributed by atoms with Gasteiger partial charge in [-0.05, 0) is 42.3 Å². The number of nitrogens with one attached hydrogen (secondary N) is 3. The third kappa shape index (κ3) is 4.61. The van der Waals surface area contributed by atoms with E-state index in [2.05, 4.69) is 15.6 Å². The topological polar surface area (TPSA) is 86.4 Å². The Labute approximate surface area is 174 Å². The first-order chi connectivity index (χ1) is 14.7. The number of aromatic nitrogens is 1. The van der Waals surface area contributed by atoms with Gasteiger partial charge in [-0.15, -0.1) is 0 Å². The summed E-state index contributed by atoms with van der Waals surface area (Å²) in [4.78, 5) is 15.8. The number of carbonyl (C=O) groups excluding carboxylic acids is 1. The molecule has 1 atom stereocenters. The molecule has 0 bridgehead atoms. The number of aliphatic hydroxyl groups is 1. The van der Waals surface area contributed by atoms with Crippen LogP contribution in [0.3, 0.4) is 0 Å². The summed E-state index contributed by atoms with van der Waals surface area (Å²) in [5.41, 5.74) is 2.61. The minimum Gasteiger partial charge on any atom is -0.455 e. The second kappa shape index (κ2) is 9.15. The Morgan fingerprint density at radius 2 is 1.70 bits per heavy atom. The van der Waals surface area contributed by atoms with Crippen LogP contribution in [0, 0.1) is 0 Å². The van der Waals surface area contributed by atoms with Gasteiger partial charge in [0.25, 0.3) is 0 Å². The maximum absolute atomic E-state index is 12.6. The van der Waals surface area contributed by atoms with Crippen molar-refractivity contribution in [1.29, 1.82) is 0 Å². The molecule has 6 heteroatoms. The number of anilines is 1. The van der Waals surface area contributed by atoms with E-state index < -0.39 is 12.1 Å². The van der Waals surface area contributed by atoms with Crippen LogP contribution in [0.25, 0.3) is 10.9 Å². The van der Waals surface area contributed by atoms with Crippen LogP contribution < -0.4 is 15.4 Å². The van der Waals surface area contributed by atoms with Crippen LogP contribution in [0.1, 0.15) is 5.56 Å². The smallest absolute Gasteiger partial charge is 0.319 e. The molecule has 0 saturated carbocycles. The van der Waals surface area contributed by atoms with Gasteiger partial charge in [0.05, 0.1) is 18.3 Å². The van der Waals surface area contributed by atoms with Crippen molar-refractivity contribution in [3.63, 3.8) is 0 Å². The number of aliphatic hydroxyl groups excluding tert-OH is 1. The number of benzene rings is 3. The Morgan fingerprint density at radius 3 is 2.53 bits per heavy atom. The van der Waals surface area contributed by atoms with Crippen LogP contribution in [0.5, 0.6) is 11.5 Å². The Morgan fingerprint density at radius 1 is 0.967 bits per heavy atom. The van der Waals surface area contributed by atoms with E-state index in [-0.39, 0.29) is 6.61 Å². The van der Waals surface area contributed by atoms with Gasteiger partial charge in [-0.2, -0.15) is 0 Å². The molecular weight excluding hydrogens is 378 g/mol. The highest BCUT2D eigenvalue weighted by Crippen LogP contribution is 2.29. The van der Waals surface area contributed by atoms with Crippen molar-refractivity contribution in [2.24, 2.45) is 0 Å². The third-order valence-electron chi connectivity index (χ3n) is 4.80. The van der Waals surface area contributed by atoms with Gasteiger partial charge in [0, 0.05) is 17.1 Å². The van der Waals surface area contributed by atoms with Crippen molar-refractivity contribution < 1.29 is 14.6 Å². The fraction of sp³-hybridized carbons (Fsp3) is 0.125. The highest BCUT2D eigenvalue weighted by molar-refractivity contribution is 5.91. The number of carbonyl (C=O) groups is 1. The summed E-state index contributed by atoms with van der Waals surface area (Å²) in [5.74, 6) is 1.22. The summed E-state index contributed by atoms with van der Waals surface area (Å²) in [6, 6.07) is 23.7. The molecule has 0 aliphatic rings. The Balaban J connectivity index is 1.42. The van der Waals surface area contributed by atoms with Gasteiger partial charge < -0.3 is 25.5 Å². The molecule has 0 saturated heterocycles. The van der Waals surface area contributed by atoms with Crippen LogP contribution in [0.4, 0.5) is 10.5 Å². The zero-order valence-electron chi connectivity index (χ0n) is 16.3. The monoisotopic (exact) mass is 401 g/mol. The third-order valence-corrected chi connectivity index (χ3v) is 4.80. The number of H-pyrrole nitrogens is 1. The summed E-state index contributed by atoms with van der Waals surface area (Å²) in [7, 11) is 0. The van der Waals surface area contributed by atoms with Gasteiger partial charge in [-0.25, -0.2) is 4.79 Å². The van der Waals surface area contributed by atoms with E-state index in [1.54, 1.807) is 12.1 Å². The molecule has 6 nitrogen and oxygen atoms in total. The van der Waals surface area contributed by atoms with Crippen molar-refractivity contribution in [3.05, 3.63) is 90.6 Å². The molecule has 1 heterocycles. The lowest BCUT2D eigenvalue weighted by Crippen LogP contribution is -2.41. The van der Waals surface area contributed by atoms with E-state index in [9.17, 15) is 9.90 Å². The molecule has 1 unspecified atom stereocenters. The summed E-state index contributed by atoms with van der Waals surface area (Å²) in [5, 5.41) is 16.5. The van der Waals surface area contributed by atoms with Crippen molar-refractivity contribution >= 4 is 22.6 Å². The number of amides is 2. The molecule has 0 aliphatic heterocycles. The summed E-state index contributed by atoms with van der Waals surface area (Å²) in [6.07, 6.45) is 2.42. The first-order valence-electron chi connectivity index (χ1n) is 9.78. The van der Waals surface area contributed by atoms with Gasteiger partial charge in [0.15, 0.2) is 5.75 Å². The lowest BCUT2D eigenvalue weighted by molar-refractivity contribution is 0.224. The number of hydrogen-bond acceptors (Lipinski definition) is 3. The van der Waals surface area contributed by atoms with Crippen LogP contribution in [0.2, 0.25) is 0 Å². The van der Waals surface area contributed by atoms with Gasteiger partial charge in [-0.3, -0.25) is 0 Å². The molecule has 4 N–H and O–H groups in total. The largest absolute Gasteiger partial charge is 0.455 e. The predicted octanol–water partition coefficient (Wildman–Crippen LogP) is 4.69. The Bertz CT molecular complexity index is 1120. The standard InChI is InChI=1S/C24H23N3O3/c28-16-18(14-17-15-25-21-11-5-4-10-20(17)21)26-24(29)27-22-12-6-7-13-23(22)30-19-8-2-1-3-9-19/h1-13,15,18,25,28H,14,16H2,(H2,26,27,29). The number of ether oxygens (including phenoxy) is 1. The van der Waals surface area contributed by atoms with Crippen molar-refractivity contribution in [3.8, 4) is 11.5 Å². The number of fused-ring (bicyclic) bond motifs is 1. The number of urea groups is 1.